The van der Waals surface area contributed by atoms with Crippen LogP contribution in [-0.4, -0.2) is 84.3 Å². The Morgan fingerprint density at radius 1 is 0.903 bits per heavy atom. The molecule has 1 aromatic carbocycles. The van der Waals surface area contributed by atoms with Crippen LogP contribution < -0.4 is 5.32 Å². The summed E-state index contributed by atoms with van der Waals surface area (Å²) in [6.45, 7) is 8.34. The van der Waals surface area contributed by atoms with E-state index in [1.165, 1.54) is 12.0 Å². The molecule has 3 rings (SSSR count). The minimum atomic E-state index is -0.142. The fourth-order valence-electron chi connectivity index (χ4n) is 4.28. The molecule has 0 bridgehead atoms. The van der Waals surface area contributed by atoms with Crippen molar-refractivity contribution in [3.63, 3.8) is 0 Å². The van der Waals surface area contributed by atoms with E-state index in [1.54, 1.807) is 4.90 Å². The van der Waals surface area contributed by atoms with E-state index in [0.717, 1.165) is 31.5 Å². The minimum absolute atomic E-state index is 0.0367. The number of likely N-dealkylation sites (tertiary alicyclic amines) is 1. The Morgan fingerprint density at radius 2 is 1.55 bits per heavy atom. The highest BCUT2D eigenvalue weighted by atomic mass is 16.2. The van der Waals surface area contributed by atoms with Gasteiger partial charge in [-0.25, -0.2) is 0 Å². The van der Waals surface area contributed by atoms with Gasteiger partial charge in [-0.2, -0.15) is 0 Å². The highest BCUT2D eigenvalue weighted by molar-refractivity contribution is 5.85. The number of nitrogens with one attached hydrogen (secondary N) is 1. The second kappa shape index (κ2) is 11.3. The number of carbonyl (C=O) groups excluding carboxylic acids is 3. The first-order chi connectivity index (χ1) is 14.9. The number of piperazine rings is 1. The third-order valence-corrected chi connectivity index (χ3v) is 6.44. The van der Waals surface area contributed by atoms with E-state index in [0.29, 0.717) is 39.0 Å². The standard InChI is InChI=1S/C24H36N4O3/c1-19-6-8-21(9-7-19)10-11-22(29)25-18-23(30)27-16-14-26(15-17-27)20(2)24(31)28-12-4-3-5-13-28/h6-9,20H,3-5,10-18H2,1-2H3,(H,25,29). The Kier molecular flexibility index (Phi) is 8.46. The zero-order valence-corrected chi connectivity index (χ0v) is 18.9. The fourth-order valence-corrected chi connectivity index (χ4v) is 4.28. The molecule has 1 N–H and O–H groups in total. The van der Waals surface area contributed by atoms with Crippen LogP contribution in [0, 0.1) is 6.92 Å². The van der Waals surface area contributed by atoms with Gasteiger partial charge >= 0.3 is 0 Å². The second-order valence-corrected chi connectivity index (χ2v) is 8.74. The normalized spacial score (nSPS) is 18.5. The number of benzene rings is 1. The molecule has 1 aromatic rings. The molecule has 2 saturated heterocycles. The molecule has 31 heavy (non-hydrogen) atoms. The summed E-state index contributed by atoms with van der Waals surface area (Å²) >= 11 is 0. The number of nitrogens with zero attached hydrogens (tertiary/aromatic N) is 3. The zero-order chi connectivity index (χ0) is 22.2. The number of piperidine rings is 1. The number of rotatable bonds is 7. The lowest BCUT2D eigenvalue weighted by atomic mass is 10.1. The van der Waals surface area contributed by atoms with Crippen molar-refractivity contribution in [3.05, 3.63) is 35.4 Å². The Morgan fingerprint density at radius 3 is 2.19 bits per heavy atom. The van der Waals surface area contributed by atoms with E-state index in [1.807, 2.05) is 43.0 Å². The Labute approximate surface area is 185 Å². The van der Waals surface area contributed by atoms with Crippen LogP contribution in [0.15, 0.2) is 24.3 Å². The number of carbonyl (C=O) groups is 3. The zero-order valence-electron chi connectivity index (χ0n) is 18.9. The molecular formula is C24H36N4O3. The Bertz CT molecular complexity index is 751. The maximum absolute atomic E-state index is 12.7. The summed E-state index contributed by atoms with van der Waals surface area (Å²) in [5, 5.41) is 2.75. The van der Waals surface area contributed by atoms with Crippen LogP contribution in [0.5, 0.6) is 0 Å². The van der Waals surface area contributed by atoms with Crippen molar-refractivity contribution in [2.24, 2.45) is 0 Å². The first-order valence-corrected chi connectivity index (χ1v) is 11.6. The maximum atomic E-state index is 12.7. The van der Waals surface area contributed by atoms with E-state index in [-0.39, 0.29) is 30.3 Å². The molecule has 170 valence electrons. The lowest BCUT2D eigenvalue weighted by molar-refractivity contribution is -0.139. The largest absolute Gasteiger partial charge is 0.347 e. The van der Waals surface area contributed by atoms with Crippen molar-refractivity contribution in [2.75, 3.05) is 45.8 Å². The minimum Gasteiger partial charge on any atom is -0.347 e. The average Bonchev–Trinajstić information content (AvgIpc) is 2.82. The quantitative estimate of drug-likeness (QED) is 0.716. The summed E-state index contributed by atoms with van der Waals surface area (Å²) in [7, 11) is 0. The molecular weight excluding hydrogens is 392 g/mol. The molecule has 2 aliphatic rings. The lowest BCUT2D eigenvalue weighted by Gasteiger charge is -2.39. The monoisotopic (exact) mass is 428 g/mol. The van der Waals surface area contributed by atoms with E-state index < -0.39 is 0 Å². The van der Waals surface area contributed by atoms with Gasteiger partial charge in [-0.15, -0.1) is 0 Å². The fraction of sp³-hybridized carbons (Fsp3) is 0.625. The molecule has 1 atom stereocenters. The molecule has 2 heterocycles. The number of hydrogen-bond acceptors (Lipinski definition) is 4. The van der Waals surface area contributed by atoms with E-state index in [4.69, 9.17) is 0 Å². The van der Waals surface area contributed by atoms with Crippen LogP contribution in [0.3, 0.4) is 0 Å². The average molecular weight is 429 g/mol. The van der Waals surface area contributed by atoms with Crippen molar-refractivity contribution in [2.45, 2.75) is 52.0 Å². The number of hydrogen-bond donors (Lipinski definition) is 1. The van der Waals surface area contributed by atoms with Crippen molar-refractivity contribution in [1.29, 1.82) is 0 Å². The third-order valence-electron chi connectivity index (χ3n) is 6.44. The smallest absolute Gasteiger partial charge is 0.242 e. The van der Waals surface area contributed by atoms with Gasteiger partial charge in [0, 0.05) is 45.7 Å². The molecule has 0 aromatic heterocycles. The van der Waals surface area contributed by atoms with Crippen molar-refractivity contribution >= 4 is 17.7 Å². The van der Waals surface area contributed by atoms with E-state index >= 15 is 0 Å². The van der Waals surface area contributed by atoms with Gasteiger partial charge < -0.3 is 15.1 Å². The molecule has 7 heteroatoms. The Hall–Kier alpha value is -2.41. The topological polar surface area (TPSA) is 73.0 Å². The molecule has 0 aliphatic carbocycles. The van der Waals surface area contributed by atoms with Gasteiger partial charge in [-0.1, -0.05) is 29.8 Å². The van der Waals surface area contributed by atoms with Crippen molar-refractivity contribution in [1.82, 2.24) is 20.0 Å². The van der Waals surface area contributed by atoms with Crippen LogP contribution in [0.25, 0.3) is 0 Å². The van der Waals surface area contributed by atoms with Crippen molar-refractivity contribution < 1.29 is 14.4 Å². The maximum Gasteiger partial charge on any atom is 0.242 e. The second-order valence-electron chi connectivity index (χ2n) is 8.74. The first kappa shape index (κ1) is 23.3. The predicted molar refractivity (Wildman–Crippen MR) is 121 cm³/mol. The molecule has 0 spiro atoms. The van der Waals surface area contributed by atoms with Crippen LogP contribution in [-0.2, 0) is 20.8 Å². The number of amides is 3. The van der Waals surface area contributed by atoms with Crippen LogP contribution in [0.2, 0.25) is 0 Å². The van der Waals surface area contributed by atoms with Crippen molar-refractivity contribution in [3.8, 4) is 0 Å². The third kappa shape index (κ3) is 6.79. The highest BCUT2D eigenvalue weighted by Crippen LogP contribution is 2.14. The SMILES string of the molecule is Cc1ccc(CCC(=O)NCC(=O)N2CCN(C(C)C(=O)N3CCCCC3)CC2)cc1. The van der Waals surface area contributed by atoms with Crippen LogP contribution in [0.1, 0.15) is 43.7 Å². The molecule has 1 unspecified atom stereocenters. The molecule has 2 aliphatic heterocycles. The summed E-state index contributed by atoms with van der Waals surface area (Å²) in [6.07, 6.45) is 4.44. The summed E-state index contributed by atoms with van der Waals surface area (Å²) in [6, 6.07) is 8.00. The summed E-state index contributed by atoms with van der Waals surface area (Å²) < 4.78 is 0. The lowest BCUT2D eigenvalue weighted by Crippen LogP contribution is -2.56. The van der Waals surface area contributed by atoms with Gasteiger partial charge in [0.05, 0.1) is 12.6 Å². The van der Waals surface area contributed by atoms with Gasteiger partial charge in [-0.3, -0.25) is 19.3 Å². The van der Waals surface area contributed by atoms with Gasteiger partial charge in [0.15, 0.2) is 0 Å². The Balaban J connectivity index is 1.35. The van der Waals surface area contributed by atoms with Gasteiger partial charge in [0.2, 0.25) is 17.7 Å². The summed E-state index contributed by atoms with van der Waals surface area (Å²) in [5.74, 6) is 0.0481. The van der Waals surface area contributed by atoms with E-state index in [2.05, 4.69) is 10.2 Å². The molecule has 7 nitrogen and oxygen atoms in total. The van der Waals surface area contributed by atoms with Gasteiger partial charge in [0.1, 0.15) is 0 Å². The number of aryl methyl sites for hydroxylation is 2. The first-order valence-electron chi connectivity index (χ1n) is 11.6. The van der Waals surface area contributed by atoms with Crippen LogP contribution in [0.4, 0.5) is 0 Å². The molecule has 0 radical (unpaired) electrons. The molecule has 3 amide bonds. The summed E-state index contributed by atoms with van der Waals surface area (Å²) in [5.41, 5.74) is 2.32. The highest BCUT2D eigenvalue weighted by Gasteiger charge is 2.30. The van der Waals surface area contributed by atoms with Gasteiger partial charge in [0.25, 0.3) is 0 Å². The molecule has 2 fully saturated rings. The van der Waals surface area contributed by atoms with Crippen LogP contribution >= 0.6 is 0 Å². The molecule has 0 saturated carbocycles. The van der Waals surface area contributed by atoms with E-state index in [9.17, 15) is 14.4 Å². The summed E-state index contributed by atoms with van der Waals surface area (Å²) in [4.78, 5) is 43.3. The predicted octanol–water partition coefficient (Wildman–Crippen LogP) is 1.59. The van der Waals surface area contributed by atoms with Gasteiger partial charge in [-0.05, 0) is 45.1 Å².